The number of aromatic nitrogens is 1. The highest BCUT2D eigenvalue weighted by Gasteiger charge is 2.20. The molecule has 0 unspecified atom stereocenters. The van der Waals surface area contributed by atoms with Crippen LogP contribution >= 0.6 is 11.8 Å². The summed E-state index contributed by atoms with van der Waals surface area (Å²) in [4.78, 5) is 13.0. The van der Waals surface area contributed by atoms with E-state index in [9.17, 15) is 14.4 Å². The summed E-state index contributed by atoms with van der Waals surface area (Å²) in [5, 5.41) is 12.4. The fourth-order valence-corrected chi connectivity index (χ4v) is 3.78. The maximum Gasteiger partial charge on any atom is 0.226 e. The van der Waals surface area contributed by atoms with Crippen LogP contribution in [0.4, 0.5) is 10.2 Å². The number of rotatable bonds is 7. The van der Waals surface area contributed by atoms with E-state index < -0.39 is 0 Å². The minimum Gasteiger partial charge on any atom is -0.467 e. The first kappa shape index (κ1) is 19.8. The van der Waals surface area contributed by atoms with Gasteiger partial charge in [0.05, 0.1) is 18.4 Å². The number of carbonyl (C=O) groups is 1. The number of nitrogens with one attached hydrogen (secondary N) is 1. The standard InChI is InChI=1S/C21H20FN3O2S/c1-14-15(2)25(13-16-6-5-10-27-16)21(17(14)12-23)24-20(26)9-11-28-19-8-4-3-7-18(19)22/h3-8,10H,9,11,13H2,1-2H3,(H,24,26). The van der Waals surface area contributed by atoms with Crippen molar-refractivity contribution in [2.24, 2.45) is 0 Å². The van der Waals surface area contributed by atoms with E-state index in [1.54, 1.807) is 30.5 Å². The number of nitrogens with zero attached hydrogens (tertiary/aromatic N) is 2. The molecule has 1 N–H and O–H groups in total. The van der Waals surface area contributed by atoms with Gasteiger partial charge in [0.25, 0.3) is 0 Å². The summed E-state index contributed by atoms with van der Waals surface area (Å²) in [7, 11) is 0. The van der Waals surface area contributed by atoms with Crippen LogP contribution in [-0.2, 0) is 11.3 Å². The first-order valence-electron chi connectivity index (χ1n) is 8.80. The molecule has 0 saturated carbocycles. The van der Waals surface area contributed by atoms with Crippen molar-refractivity contribution in [3.05, 3.63) is 71.1 Å². The third-order valence-electron chi connectivity index (χ3n) is 4.52. The topological polar surface area (TPSA) is 71.0 Å². The Bertz CT molecular complexity index is 1020. The molecule has 3 aromatic rings. The Balaban J connectivity index is 1.72. The van der Waals surface area contributed by atoms with E-state index in [-0.39, 0.29) is 18.1 Å². The lowest BCUT2D eigenvalue weighted by atomic mass is 10.2. The third-order valence-corrected chi connectivity index (χ3v) is 5.57. The molecule has 2 aromatic heterocycles. The molecule has 7 heteroatoms. The van der Waals surface area contributed by atoms with E-state index in [2.05, 4.69) is 11.4 Å². The van der Waals surface area contributed by atoms with Gasteiger partial charge in [0, 0.05) is 22.8 Å². The number of hydrogen-bond acceptors (Lipinski definition) is 4. The molecule has 1 amide bonds. The predicted octanol–water partition coefficient (Wildman–Crippen LogP) is 4.88. The number of anilines is 1. The van der Waals surface area contributed by atoms with Gasteiger partial charge in [-0.3, -0.25) is 4.79 Å². The fourth-order valence-electron chi connectivity index (χ4n) is 2.90. The van der Waals surface area contributed by atoms with Crippen LogP contribution in [0.15, 0.2) is 52.0 Å². The predicted molar refractivity (Wildman–Crippen MR) is 107 cm³/mol. The number of hydrogen-bond donors (Lipinski definition) is 1. The Morgan fingerprint density at radius 3 is 2.75 bits per heavy atom. The number of amides is 1. The maximum atomic E-state index is 13.7. The zero-order valence-corrected chi connectivity index (χ0v) is 16.5. The highest BCUT2D eigenvalue weighted by atomic mass is 32.2. The van der Waals surface area contributed by atoms with Gasteiger partial charge in [0.2, 0.25) is 5.91 Å². The molecule has 28 heavy (non-hydrogen) atoms. The van der Waals surface area contributed by atoms with Crippen LogP contribution in [0, 0.1) is 31.0 Å². The summed E-state index contributed by atoms with van der Waals surface area (Å²) in [5.74, 6) is 1.12. The molecular formula is C21H20FN3O2S. The van der Waals surface area contributed by atoms with Gasteiger partial charge in [-0.1, -0.05) is 12.1 Å². The highest BCUT2D eigenvalue weighted by Crippen LogP contribution is 2.28. The second kappa shape index (κ2) is 8.81. The van der Waals surface area contributed by atoms with Crippen molar-refractivity contribution in [3.8, 4) is 6.07 Å². The average molecular weight is 397 g/mol. The summed E-state index contributed by atoms with van der Waals surface area (Å²) in [6.07, 6.45) is 1.79. The largest absolute Gasteiger partial charge is 0.467 e. The Hall–Kier alpha value is -2.98. The molecule has 144 valence electrons. The Kier molecular flexibility index (Phi) is 6.22. The van der Waals surface area contributed by atoms with Crippen LogP contribution in [0.3, 0.4) is 0 Å². The minimum atomic E-state index is -0.293. The first-order valence-corrected chi connectivity index (χ1v) is 9.79. The lowest BCUT2D eigenvalue weighted by molar-refractivity contribution is -0.115. The summed E-state index contributed by atoms with van der Waals surface area (Å²) in [6, 6.07) is 12.3. The Labute approximate surface area is 167 Å². The molecule has 0 radical (unpaired) electrons. The van der Waals surface area contributed by atoms with E-state index in [1.165, 1.54) is 17.8 Å². The monoisotopic (exact) mass is 397 g/mol. The average Bonchev–Trinajstić information content (AvgIpc) is 3.26. The summed E-state index contributed by atoms with van der Waals surface area (Å²) < 4.78 is 20.9. The fraction of sp³-hybridized carbons (Fsp3) is 0.238. The van der Waals surface area contributed by atoms with Crippen molar-refractivity contribution < 1.29 is 13.6 Å². The molecule has 0 bridgehead atoms. The number of nitriles is 1. The number of benzene rings is 1. The molecule has 0 aliphatic heterocycles. The van der Waals surface area contributed by atoms with Gasteiger partial charge < -0.3 is 14.3 Å². The zero-order valence-electron chi connectivity index (χ0n) is 15.7. The maximum absolute atomic E-state index is 13.7. The molecular weight excluding hydrogens is 377 g/mol. The highest BCUT2D eigenvalue weighted by molar-refractivity contribution is 7.99. The molecule has 0 spiro atoms. The summed E-state index contributed by atoms with van der Waals surface area (Å²) in [6.45, 7) is 4.18. The van der Waals surface area contributed by atoms with Crippen LogP contribution in [0.2, 0.25) is 0 Å². The Morgan fingerprint density at radius 1 is 1.29 bits per heavy atom. The van der Waals surface area contributed by atoms with Gasteiger partial charge in [-0.2, -0.15) is 5.26 Å². The number of carbonyl (C=O) groups excluding carboxylic acids is 1. The van der Waals surface area contributed by atoms with Gasteiger partial charge in [-0.25, -0.2) is 4.39 Å². The molecule has 0 aliphatic rings. The van der Waals surface area contributed by atoms with Gasteiger partial charge >= 0.3 is 0 Å². The molecule has 5 nitrogen and oxygen atoms in total. The van der Waals surface area contributed by atoms with Crippen molar-refractivity contribution in [1.29, 1.82) is 5.26 Å². The summed E-state index contributed by atoms with van der Waals surface area (Å²) >= 11 is 1.29. The molecule has 2 heterocycles. The smallest absolute Gasteiger partial charge is 0.226 e. The van der Waals surface area contributed by atoms with E-state index in [0.29, 0.717) is 28.6 Å². The normalized spacial score (nSPS) is 10.6. The second-order valence-corrected chi connectivity index (χ2v) is 7.43. The number of halogens is 1. The minimum absolute atomic E-state index is 0.202. The van der Waals surface area contributed by atoms with Crippen molar-refractivity contribution in [2.75, 3.05) is 11.1 Å². The van der Waals surface area contributed by atoms with E-state index >= 15 is 0 Å². The van der Waals surface area contributed by atoms with Crippen LogP contribution in [0.1, 0.15) is 29.0 Å². The molecule has 0 atom stereocenters. The number of furan rings is 1. The third kappa shape index (κ3) is 4.29. The number of thioether (sulfide) groups is 1. The first-order chi connectivity index (χ1) is 13.5. The zero-order chi connectivity index (χ0) is 20.1. The van der Waals surface area contributed by atoms with Crippen molar-refractivity contribution >= 4 is 23.5 Å². The lowest BCUT2D eigenvalue weighted by Crippen LogP contribution is -2.17. The van der Waals surface area contributed by atoms with Crippen molar-refractivity contribution in [2.45, 2.75) is 31.7 Å². The second-order valence-electron chi connectivity index (χ2n) is 6.29. The molecule has 0 saturated heterocycles. The van der Waals surface area contributed by atoms with Crippen LogP contribution in [0.5, 0.6) is 0 Å². The van der Waals surface area contributed by atoms with Crippen LogP contribution < -0.4 is 5.32 Å². The quantitative estimate of drug-likeness (QED) is 0.577. The lowest BCUT2D eigenvalue weighted by Gasteiger charge is -2.12. The van der Waals surface area contributed by atoms with Crippen molar-refractivity contribution in [3.63, 3.8) is 0 Å². The molecule has 0 aliphatic carbocycles. The van der Waals surface area contributed by atoms with Gasteiger partial charge in [0.1, 0.15) is 23.5 Å². The van der Waals surface area contributed by atoms with E-state index in [1.807, 2.05) is 24.5 Å². The molecule has 1 aromatic carbocycles. The van der Waals surface area contributed by atoms with Gasteiger partial charge in [-0.15, -0.1) is 11.8 Å². The van der Waals surface area contributed by atoms with E-state index in [0.717, 1.165) is 17.0 Å². The Morgan fingerprint density at radius 2 is 2.07 bits per heavy atom. The van der Waals surface area contributed by atoms with Crippen LogP contribution in [-0.4, -0.2) is 16.2 Å². The molecule has 3 rings (SSSR count). The van der Waals surface area contributed by atoms with Crippen LogP contribution in [0.25, 0.3) is 0 Å². The van der Waals surface area contributed by atoms with Crippen molar-refractivity contribution in [1.82, 2.24) is 4.57 Å². The molecule has 0 fully saturated rings. The van der Waals surface area contributed by atoms with Gasteiger partial charge in [0.15, 0.2) is 0 Å². The SMILES string of the molecule is Cc1c(C#N)c(NC(=O)CCSc2ccccc2F)n(Cc2ccco2)c1C. The van der Waals surface area contributed by atoms with Gasteiger partial charge in [-0.05, 0) is 43.7 Å². The summed E-state index contributed by atoms with van der Waals surface area (Å²) in [5.41, 5.74) is 2.16. The van der Waals surface area contributed by atoms with E-state index in [4.69, 9.17) is 4.42 Å².